The molecule has 2 N–H and O–H groups in total. The molecule has 1 fully saturated rings. The minimum atomic E-state index is -0.140. The summed E-state index contributed by atoms with van der Waals surface area (Å²) in [6.45, 7) is 1.95. The molecule has 2 aromatic heterocycles. The number of pyridine rings is 1. The second kappa shape index (κ2) is 9.73. The fourth-order valence-corrected chi connectivity index (χ4v) is 3.57. The number of carbonyl (C=O) groups excluding carboxylic acids is 1. The van der Waals surface area contributed by atoms with Crippen LogP contribution in [0.2, 0.25) is 5.02 Å². The third kappa shape index (κ3) is 6.19. The van der Waals surface area contributed by atoms with E-state index < -0.39 is 0 Å². The summed E-state index contributed by atoms with van der Waals surface area (Å²) in [7, 11) is 3.94. The highest BCUT2D eigenvalue weighted by Crippen LogP contribution is 2.23. The van der Waals surface area contributed by atoms with E-state index in [4.69, 9.17) is 16.3 Å². The standard InChI is InChI=1S/C20H27ClN6O2/c1-13-9-23-20(26-19(13)27(2)3)25-16-6-4-15(5-7-16)24-18(28)12-29-17-8-14(21)10-22-11-17/h8-11,15-16H,4-7,12H2,1-3H3,(H,24,28)(H,23,25,26)/t15-,16+. The van der Waals surface area contributed by atoms with E-state index in [1.54, 1.807) is 6.07 Å². The molecule has 1 aliphatic carbocycles. The van der Waals surface area contributed by atoms with Crippen molar-refractivity contribution in [1.82, 2.24) is 20.3 Å². The number of nitrogens with one attached hydrogen (secondary N) is 2. The number of anilines is 2. The molecule has 156 valence electrons. The van der Waals surface area contributed by atoms with Gasteiger partial charge in [0.1, 0.15) is 11.6 Å². The van der Waals surface area contributed by atoms with Crippen LogP contribution in [0.15, 0.2) is 24.7 Å². The molecule has 0 spiro atoms. The summed E-state index contributed by atoms with van der Waals surface area (Å²) in [5.41, 5.74) is 1.04. The van der Waals surface area contributed by atoms with E-state index >= 15 is 0 Å². The van der Waals surface area contributed by atoms with Crippen LogP contribution in [0.1, 0.15) is 31.2 Å². The molecule has 2 aromatic rings. The third-order valence-electron chi connectivity index (χ3n) is 4.84. The summed E-state index contributed by atoms with van der Waals surface area (Å²) in [4.78, 5) is 27.0. The number of aryl methyl sites for hydroxylation is 1. The molecule has 0 atom stereocenters. The first-order valence-corrected chi connectivity index (χ1v) is 10.1. The minimum Gasteiger partial charge on any atom is -0.482 e. The molecule has 0 aromatic carbocycles. The van der Waals surface area contributed by atoms with E-state index in [-0.39, 0.29) is 18.6 Å². The quantitative estimate of drug-likeness (QED) is 0.714. The van der Waals surface area contributed by atoms with Crippen molar-refractivity contribution in [3.8, 4) is 5.75 Å². The smallest absolute Gasteiger partial charge is 0.258 e. The second-order valence-corrected chi connectivity index (χ2v) is 7.92. The Bertz CT molecular complexity index is 839. The van der Waals surface area contributed by atoms with E-state index in [0.29, 0.717) is 22.8 Å². The largest absolute Gasteiger partial charge is 0.482 e. The number of hydrogen-bond acceptors (Lipinski definition) is 7. The zero-order valence-corrected chi connectivity index (χ0v) is 17.7. The van der Waals surface area contributed by atoms with Crippen LogP contribution in [0, 0.1) is 6.92 Å². The van der Waals surface area contributed by atoms with Crippen molar-refractivity contribution in [1.29, 1.82) is 0 Å². The average molecular weight is 419 g/mol. The number of hydrogen-bond donors (Lipinski definition) is 2. The van der Waals surface area contributed by atoms with E-state index in [0.717, 1.165) is 37.1 Å². The molecule has 9 heteroatoms. The molecule has 0 aliphatic heterocycles. The zero-order chi connectivity index (χ0) is 20.8. The van der Waals surface area contributed by atoms with E-state index in [2.05, 4.69) is 25.6 Å². The molecule has 1 amide bonds. The Morgan fingerprint density at radius 3 is 2.62 bits per heavy atom. The summed E-state index contributed by atoms with van der Waals surface area (Å²) < 4.78 is 5.44. The first-order valence-electron chi connectivity index (χ1n) is 9.71. The van der Waals surface area contributed by atoms with Crippen molar-refractivity contribution < 1.29 is 9.53 Å². The van der Waals surface area contributed by atoms with Gasteiger partial charge in [0.05, 0.1) is 11.2 Å². The molecule has 8 nitrogen and oxygen atoms in total. The van der Waals surface area contributed by atoms with Crippen molar-refractivity contribution in [2.24, 2.45) is 0 Å². The Hall–Kier alpha value is -2.61. The van der Waals surface area contributed by atoms with Crippen LogP contribution >= 0.6 is 11.6 Å². The molecule has 0 unspecified atom stereocenters. The number of rotatable bonds is 7. The van der Waals surface area contributed by atoms with Crippen LogP contribution in [0.5, 0.6) is 5.75 Å². The molecule has 2 heterocycles. The number of ether oxygens (including phenoxy) is 1. The average Bonchev–Trinajstić information content (AvgIpc) is 2.69. The van der Waals surface area contributed by atoms with Gasteiger partial charge in [-0.3, -0.25) is 9.78 Å². The van der Waals surface area contributed by atoms with Crippen LogP contribution in [0.4, 0.5) is 11.8 Å². The molecular weight excluding hydrogens is 392 g/mol. The SMILES string of the molecule is Cc1cnc(N[C@H]2CC[C@@H](NC(=O)COc3cncc(Cl)c3)CC2)nc1N(C)C. The van der Waals surface area contributed by atoms with Gasteiger partial charge in [0, 0.05) is 50.2 Å². The Morgan fingerprint density at radius 2 is 1.93 bits per heavy atom. The highest BCUT2D eigenvalue weighted by Gasteiger charge is 2.23. The van der Waals surface area contributed by atoms with E-state index in [1.165, 1.54) is 12.4 Å². The highest BCUT2D eigenvalue weighted by molar-refractivity contribution is 6.30. The Labute approximate surface area is 176 Å². The van der Waals surface area contributed by atoms with E-state index in [9.17, 15) is 4.79 Å². The molecule has 0 saturated heterocycles. The fraction of sp³-hybridized carbons (Fsp3) is 0.500. The number of halogens is 1. The molecule has 0 radical (unpaired) electrons. The van der Waals surface area contributed by atoms with Crippen LogP contribution < -0.4 is 20.3 Å². The molecule has 0 bridgehead atoms. The Kier molecular flexibility index (Phi) is 7.09. The minimum absolute atomic E-state index is 0.0509. The molecular formula is C20H27ClN6O2. The van der Waals surface area contributed by atoms with E-state index in [1.807, 2.05) is 32.1 Å². The van der Waals surface area contributed by atoms with Gasteiger partial charge >= 0.3 is 0 Å². The molecule has 1 saturated carbocycles. The predicted molar refractivity (Wildman–Crippen MR) is 114 cm³/mol. The number of aromatic nitrogens is 3. The number of carbonyl (C=O) groups is 1. The summed E-state index contributed by atoms with van der Waals surface area (Å²) in [6.07, 6.45) is 8.57. The van der Waals surface area contributed by atoms with Crippen molar-refractivity contribution >= 4 is 29.3 Å². The normalized spacial score (nSPS) is 18.8. The lowest BCUT2D eigenvalue weighted by molar-refractivity contribution is -0.124. The summed E-state index contributed by atoms with van der Waals surface area (Å²) in [5.74, 6) is 1.91. The molecule has 3 rings (SSSR count). The Morgan fingerprint density at radius 1 is 1.21 bits per heavy atom. The van der Waals surface area contributed by atoms with Gasteiger partial charge in [-0.2, -0.15) is 4.98 Å². The van der Waals surface area contributed by atoms with Gasteiger partial charge in [-0.05, 0) is 32.6 Å². The van der Waals surface area contributed by atoms with Crippen LogP contribution in [-0.2, 0) is 4.79 Å². The lowest BCUT2D eigenvalue weighted by atomic mass is 9.91. The second-order valence-electron chi connectivity index (χ2n) is 7.48. The van der Waals surface area contributed by atoms with Gasteiger partial charge in [-0.1, -0.05) is 11.6 Å². The van der Waals surface area contributed by atoms with Crippen LogP contribution in [-0.4, -0.2) is 53.6 Å². The maximum absolute atomic E-state index is 12.1. The Balaban J connectivity index is 1.42. The van der Waals surface area contributed by atoms with Gasteiger partial charge < -0.3 is 20.3 Å². The molecule has 29 heavy (non-hydrogen) atoms. The van der Waals surface area contributed by atoms with Crippen molar-refractivity contribution in [2.75, 3.05) is 30.9 Å². The highest BCUT2D eigenvalue weighted by atomic mass is 35.5. The predicted octanol–water partition coefficient (Wildman–Crippen LogP) is 2.82. The van der Waals surface area contributed by atoms with Crippen LogP contribution in [0.25, 0.3) is 0 Å². The summed E-state index contributed by atoms with van der Waals surface area (Å²) in [6, 6.07) is 2.08. The fourth-order valence-electron chi connectivity index (χ4n) is 3.41. The number of amides is 1. The summed E-state index contributed by atoms with van der Waals surface area (Å²) >= 11 is 5.86. The van der Waals surface area contributed by atoms with Crippen molar-refractivity contribution in [3.05, 3.63) is 35.2 Å². The van der Waals surface area contributed by atoms with Gasteiger partial charge in [0.2, 0.25) is 5.95 Å². The van der Waals surface area contributed by atoms with Gasteiger partial charge in [0.25, 0.3) is 5.91 Å². The maximum Gasteiger partial charge on any atom is 0.258 e. The first-order chi connectivity index (χ1) is 13.9. The lowest BCUT2D eigenvalue weighted by Crippen LogP contribution is -2.42. The topological polar surface area (TPSA) is 92.3 Å². The van der Waals surface area contributed by atoms with Crippen molar-refractivity contribution in [2.45, 2.75) is 44.7 Å². The van der Waals surface area contributed by atoms with Gasteiger partial charge in [-0.25, -0.2) is 4.98 Å². The maximum atomic E-state index is 12.1. The van der Waals surface area contributed by atoms with Crippen LogP contribution in [0.3, 0.4) is 0 Å². The van der Waals surface area contributed by atoms with Gasteiger partial charge in [-0.15, -0.1) is 0 Å². The monoisotopic (exact) mass is 418 g/mol. The third-order valence-corrected chi connectivity index (χ3v) is 5.05. The lowest BCUT2D eigenvalue weighted by Gasteiger charge is -2.30. The summed E-state index contributed by atoms with van der Waals surface area (Å²) in [5, 5.41) is 6.94. The first kappa shape index (κ1) is 21.1. The van der Waals surface area contributed by atoms with Gasteiger partial charge in [0.15, 0.2) is 6.61 Å². The number of nitrogens with zero attached hydrogens (tertiary/aromatic N) is 4. The zero-order valence-electron chi connectivity index (χ0n) is 17.0. The van der Waals surface area contributed by atoms with Crippen molar-refractivity contribution in [3.63, 3.8) is 0 Å². The molecule has 1 aliphatic rings.